The molecule has 0 spiro atoms. The minimum atomic E-state index is -0.533. The van der Waals surface area contributed by atoms with Gasteiger partial charge in [0.1, 0.15) is 18.8 Å². The number of benzene rings is 3. The summed E-state index contributed by atoms with van der Waals surface area (Å²) in [5, 5.41) is 0. The van der Waals surface area contributed by atoms with Crippen LogP contribution in [0.4, 0.5) is 4.79 Å². The van der Waals surface area contributed by atoms with Gasteiger partial charge in [0.15, 0.2) is 0 Å². The average Bonchev–Trinajstić information content (AvgIpc) is 2.89. The van der Waals surface area contributed by atoms with Crippen molar-refractivity contribution < 1.29 is 19.1 Å². The van der Waals surface area contributed by atoms with Gasteiger partial charge in [-0.3, -0.25) is 4.90 Å². The van der Waals surface area contributed by atoms with Crippen LogP contribution in [-0.4, -0.2) is 48.0 Å². The van der Waals surface area contributed by atoms with Crippen molar-refractivity contribution in [3.05, 3.63) is 108 Å². The molecule has 2 atom stereocenters. The fourth-order valence-electron chi connectivity index (χ4n) is 4.14. The molecule has 1 amide bonds. The van der Waals surface area contributed by atoms with E-state index in [1.807, 2.05) is 97.9 Å². The van der Waals surface area contributed by atoms with E-state index in [-0.39, 0.29) is 24.8 Å². The minimum Gasteiger partial charge on any atom is -0.456 e. The lowest BCUT2D eigenvalue weighted by molar-refractivity contribution is -0.156. The first-order chi connectivity index (χ1) is 16.6. The number of nitrogens with zero attached hydrogens (tertiary/aromatic N) is 2. The number of hydrogen-bond acceptors (Lipinski definition) is 5. The number of carbonyl (C=O) groups is 2. The highest BCUT2D eigenvalue weighted by molar-refractivity contribution is 5.78. The quantitative estimate of drug-likeness (QED) is 0.467. The maximum absolute atomic E-state index is 13.3. The van der Waals surface area contributed by atoms with Crippen LogP contribution in [0, 0.1) is 0 Å². The number of piperazine rings is 1. The van der Waals surface area contributed by atoms with E-state index in [0.717, 1.165) is 16.7 Å². The molecule has 1 heterocycles. The zero-order chi connectivity index (χ0) is 23.8. The van der Waals surface area contributed by atoms with Crippen LogP contribution in [0.3, 0.4) is 0 Å². The number of esters is 1. The first-order valence-electron chi connectivity index (χ1n) is 11.6. The number of ether oxygens (including phenoxy) is 2. The zero-order valence-electron chi connectivity index (χ0n) is 19.4. The van der Waals surface area contributed by atoms with Crippen molar-refractivity contribution in [1.29, 1.82) is 0 Å². The molecule has 6 nitrogen and oxygen atoms in total. The van der Waals surface area contributed by atoms with E-state index in [4.69, 9.17) is 9.47 Å². The predicted molar refractivity (Wildman–Crippen MR) is 130 cm³/mol. The molecule has 0 N–H and O–H groups in total. The molecule has 6 heteroatoms. The largest absolute Gasteiger partial charge is 0.456 e. The molecule has 0 saturated carbocycles. The molecule has 3 aromatic rings. The third kappa shape index (κ3) is 6.02. The van der Waals surface area contributed by atoms with E-state index in [2.05, 4.69) is 4.90 Å². The molecule has 1 aliphatic heterocycles. The van der Waals surface area contributed by atoms with E-state index in [1.165, 1.54) is 0 Å². The Morgan fingerprint density at radius 2 is 1.29 bits per heavy atom. The molecule has 1 aliphatic rings. The van der Waals surface area contributed by atoms with Crippen molar-refractivity contribution in [1.82, 2.24) is 9.80 Å². The summed E-state index contributed by atoms with van der Waals surface area (Å²) >= 11 is 0. The second-order valence-electron chi connectivity index (χ2n) is 8.37. The normalized spacial score (nSPS) is 15.9. The maximum atomic E-state index is 13.3. The SMILES string of the molecule is CC(OC(=O)C(c1ccccc1)N1CCN(C(=O)OCc2ccccc2)CC1)c1ccccc1. The van der Waals surface area contributed by atoms with Crippen LogP contribution in [0.5, 0.6) is 0 Å². The summed E-state index contributed by atoms with van der Waals surface area (Å²) in [4.78, 5) is 29.7. The molecule has 34 heavy (non-hydrogen) atoms. The topological polar surface area (TPSA) is 59.1 Å². The molecule has 4 rings (SSSR count). The van der Waals surface area contributed by atoms with Crippen LogP contribution < -0.4 is 0 Å². The first-order valence-corrected chi connectivity index (χ1v) is 11.6. The molecule has 0 bridgehead atoms. The summed E-state index contributed by atoms with van der Waals surface area (Å²) < 4.78 is 11.4. The lowest BCUT2D eigenvalue weighted by Gasteiger charge is -2.38. The fourth-order valence-corrected chi connectivity index (χ4v) is 4.14. The van der Waals surface area contributed by atoms with Gasteiger partial charge in [-0.25, -0.2) is 9.59 Å². The molecular weight excluding hydrogens is 428 g/mol. The van der Waals surface area contributed by atoms with Gasteiger partial charge in [-0.1, -0.05) is 91.0 Å². The van der Waals surface area contributed by atoms with Crippen LogP contribution in [0.25, 0.3) is 0 Å². The summed E-state index contributed by atoms with van der Waals surface area (Å²) in [5.74, 6) is -0.289. The molecule has 0 aromatic heterocycles. The van der Waals surface area contributed by atoms with Crippen LogP contribution in [0.1, 0.15) is 35.8 Å². The van der Waals surface area contributed by atoms with E-state index in [0.29, 0.717) is 26.2 Å². The van der Waals surface area contributed by atoms with E-state index in [9.17, 15) is 9.59 Å². The molecule has 0 radical (unpaired) electrons. The van der Waals surface area contributed by atoms with Crippen molar-refractivity contribution in [2.45, 2.75) is 25.7 Å². The Balaban J connectivity index is 1.39. The van der Waals surface area contributed by atoms with Gasteiger partial charge in [-0.05, 0) is 23.6 Å². The van der Waals surface area contributed by atoms with Gasteiger partial charge in [-0.15, -0.1) is 0 Å². The molecule has 1 saturated heterocycles. The Labute approximate surface area is 200 Å². The van der Waals surface area contributed by atoms with E-state index < -0.39 is 6.04 Å². The van der Waals surface area contributed by atoms with Crippen LogP contribution in [0.2, 0.25) is 0 Å². The minimum absolute atomic E-state index is 0.246. The van der Waals surface area contributed by atoms with Crippen molar-refractivity contribution in [3.63, 3.8) is 0 Å². The highest BCUT2D eigenvalue weighted by atomic mass is 16.6. The summed E-state index contributed by atoms with van der Waals surface area (Å²) in [6.07, 6.45) is -0.686. The second-order valence-corrected chi connectivity index (χ2v) is 8.37. The smallest absolute Gasteiger partial charge is 0.410 e. The predicted octanol–water partition coefficient (Wildman–Crippen LogP) is 4.99. The number of hydrogen-bond donors (Lipinski definition) is 0. The molecular formula is C28H30N2O4. The molecule has 2 unspecified atom stereocenters. The third-order valence-corrected chi connectivity index (χ3v) is 6.04. The summed E-state index contributed by atoms with van der Waals surface area (Å²) in [6, 6.07) is 28.5. The van der Waals surface area contributed by atoms with Crippen LogP contribution in [0.15, 0.2) is 91.0 Å². The lowest BCUT2D eigenvalue weighted by atomic mass is 10.0. The van der Waals surface area contributed by atoms with Gasteiger partial charge >= 0.3 is 12.1 Å². The molecule has 3 aromatic carbocycles. The second kappa shape index (κ2) is 11.5. The number of amides is 1. The Bertz CT molecular complexity index is 1050. The first kappa shape index (κ1) is 23.5. The van der Waals surface area contributed by atoms with Gasteiger partial charge in [0.05, 0.1) is 0 Å². The van der Waals surface area contributed by atoms with Crippen LogP contribution >= 0.6 is 0 Å². The fraction of sp³-hybridized carbons (Fsp3) is 0.286. The third-order valence-electron chi connectivity index (χ3n) is 6.04. The number of carbonyl (C=O) groups excluding carboxylic acids is 2. The van der Waals surface area contributed by atoms with Crippen molar-refractivity contribution in [3.8, 4) is 0 Å². The maximum Gasteiger partial charge on any atom is 0.410 e. The van der Waals surface area contributed by atoms with Crippen LogP contribution in [-0.2, 0) is 20.9 Å². The van der Waals surface area contributed by atoms with Crippen molar-refractivity contribution in [2.24, 2.45) is 0 Å². The van der Waals surface area contributed by atoms with E-state index in [1.54, 1.807) is 4.90 Å². The molecule has 1 fully saturated rings. The number of rotatable bonds is 7. The monoisotopic (exact) mass is 458 g/mol. The highest BCUT2D eigenvalue weighted by Gasteiger charge is 2.34. The molecule has 0 aliphatic carbocycles. The standard InChI is InChI=1S/C28H30N2O4/c1-22(24-13-7-3-8-14-24)34-27(31)26(25-15-9-4-10-16-25)29-17-19-30(20-18-29)28(32)33-21-23-11-5-2-6-12-23/h2-16,22,26H,17-21H2,1H3. The molecule has 176 valence electrons. The van der Waals surface area contributed by atoms with Gasteiger partial charge in [0.2, 0.25) is 0 Å². The zero-order valence-corrected chi connectivity index (χ0v) is 19.4. The summed E-state index contributed by atoms with van der Waals surface area (Å²) in [5.41, 5.74) is 2.79. The van der Waals surface area contributed by atoms with Crippen molar-refractivity contribution >= 4 is 12.1 Å². The van der Waals surface area contributed by atoms with E-state index >= 15 is 0 Å². The Morgan fingerprint density at radius 3 is 1.88 bits per heavy atom. The van der Waals surface area contributed by atoms with Crippen molar-refractivity contribution in [2.75, 3.05) is 26.2 Å². The summed E-state index contributed by atoms with van der Waals surface area (Å²) in [6.45, 7) is 4.20. The lowest BCUT2D eigenvalue weighted by Crippen LogP contribution is -2.51. The Morgan fingerprint density at radius 1 is 0.765 bits per heavy atom. The van der Waals surface area contributed by atoms with Gasteiger partial charge in [0.25, 0.3) is 0 Å². The Kier molecular flexibility index (Phi) is 7.94. The average molecular weight is 459 g/mol. The highest BCUT2D eigenvalue weighted by Crippen LogP contribution is 2.27. The van der Waals surface area contributed by atoms with Gasteiger partial charge in [0, 0.05) is 26.2 Å². The van der Waals surface area contributed by atoms with Gasteiger partial charge < -0.3 is 14.4 Å². The Hall–Kier alpha value is -3.64. The summed E-state index contributed by atoms with van der Waals surface area (Å²) in [7, 11) is 0. The van der Waals surface area contributed by atoms with Gasteiger partial charge in [-0.2, -0.15) is 0 Å².